The van der Waals surface area contributed by atoms with Crippen LogP contribution >= 0.6 is 33.9 Å². The van der Waals surface area contributed by atoms with Gasteiger partial charge in [0.15, 0.2) is 11.7 Å². The van der Waals surface area contributed by atoms with Crippen LogP contribution in [0.4, 0.5) is 9.93 Å². The lowest BCUT2D eigenvalue weighted by Crippen LogP contribution is -2.59. The number of carboxylic acid groups (broad SMARTS) is 1. The SMILES string of the molecule is C=C[C@@H]1C[C@]1(NC(=O)[C@@H]1C[C@@H](Oc2cc(-c3csc(NC(C)C)n3)nc3c(CI)c(OCC#N)ccc23)CN1C(=O)[C@@H](NC(=O)O[C@@H]1C[C@@H]2C[C@@H]2C1)C(C)(C)C)C(=O)O. The quantitative estimate of drug-likeness (QED) is 0.0738. The molecule has 15 nitrogen and oxygen atoms in total. The smallest absolute Gasteiger partial charge is 0.408 e. The van der Waals surface area contributed by atoms with Gasteiger partial charge in [-0.05, 0) is 68.9 Å². The Labute approximate surface area is 360 Å². The molecule has 3 heterocycles. The van der Waals surface area contributed by atoms with E-state index >= 15 is 0 Å². The van der Waals surface area contributed by atoms with Crippen LogP contribution in [0, 0.1) is 34.5 Å². The molecule has 1 aromatic carbocycles. The number of nitrogens with one attached hydrogen (secondary N) is 3. The van der Waals surface area contributed by atoms with E-state index in [0.717, 1.165) is 23.5 Å². The summed E-state index contributed by atoms with van der Waals surface area (Å²) in [6.07, 6.45) is 2.86. The van der Waals surface area contributed by atoms with E-state index in [9.17, 15) is 29.5 Å². The van der Waals surface area contributed by atoms with E-state index in [1.165, 1.54) is 28.7 Å². The van der Waals surface area contributed by atoms with Crippen molar-refractivity contribution in [3.63, 3.8) is 0 Å². The molecule has 3 saturated carbocycles. The number of benzene rings is 1. The highest BCUT2D eigenvalue weighted by Crippen LogP contribution is 2.52. The number of carboxylic acids is 1. The van der Waals surface area contributed by atoms with Crippen molar-refractivity contribution >= 4 is 73.8 Å². The van der Waals surface area contributed by atoms with Crippen LogP contribution in [-0.4, -0.2) is 92.9 Å². The first-order valence-corrected chi connectivity index (χ1v) is 22.3. The normalized spacial score (nSPS) is 26.0. The highest BCUT2D eigenvalue weighted by molar-refractivity contribution is 14.1. The first-order chi connectivity index (χ1) is 28.0. The molecule has 59 heavy (non-hydrogen) atoms. The molecule has 3 amide bonds. The van der Waals surface area contributed by atoms with Gasteiger partial charge < -0.3 is 40.2 Å². The minimum Gasteiger partial charge on any atom is -0.488 e. The van der Waals surface area contributed by atoms with Crippen LogP contribution in [0.25, 0.3) is 22.3 Å². The van der Waals surface area contributed by atoms with E-state index in [4.69, 9.17) is 24.2 Å². The number of thiazole rings is 1. The number of fused-ring (bicyclic) bond motifs is 2. The lowest BCUT2D eigenvalue weighted by atomic mass is 9.85. The summed E-state index contributed by atoms with van der Waals surface area (Å²) >= 11 is 3.66. The monoisotopic (exact) mass is 939 g/mol. The van der Waals surface area contributed by atoms with Crippen molar-refractivity contribution in [3.05, 3.63) is 41.8 Å². The summed E-state index contributed by atoms with van der Waals surface area (Å²) in [5.41, 5.74) is 0.128. The van der Waals surface area contributed by atoms with Crippen molar-refractivity contribution in [1.82, 2.24) is 25.5 Å². The minimum atomic E-state index is -1.53. The minimum absolute atomic E-state index is 0.0268. The van der Waals surface area contributed by atoms with Crippen molar-refractivity contribution < 1.29 is 38.5 Å². The number of anilines is 1. The number of aromatic nitrogens is 2. The van der Waals surface area contributed by atoms with E-state index in [1.807, 2.05) is 46.1 Å². The van der Waals surface area contributed by atoms with Gasteiger partial charge in [-0.2, -0.15) is 5.26 Å². The zero-order valence-electron chi connectivity index (χ0n) is 33.7. The van der Waals surface area contributed by atoms with Crippen LogP contribution in [0.2, 0.25) is 0 Å². The number of carbonyl (C=O) groups excluding carboxylic acids is 3. The van der Waals surface area contributed by atoms with Crippen LogP contribution in [-0.2, 0) is 23.5 Å². The molecule has 8 atom stereocenters. The van der Waals surface area contributed by atoms with Crippen LogP contribution in [0.5, 0.6) is 11.5 Å². The number of pyridine rings is 1. The zero-order valence-corrected chi connectivity index (χ0v) is 36.7. The summed E-state index contributed by atoms with van der Waals surface area (Å²) in [5.74, 6) is -0.700. The zero-order chi connectivity index (χ0) is 42.4. The first kappa shape index (κ1) is 42.4. The number of hydrogen-bond donors (Lipinski definition) is 4. The Hall–Kier alpha value is -4.70. The molecule has 0 spiro atoms. The van der Waals surface area contributed by atoms with Gasteiger partial charge in [-0.15, -0.1) is 17.9 Å². The number of hydrogen-bond acceptors (Lipinski definition) is 12. The molecule has 4 aliphatic rings. The van der Waals surface area contributed by atoms with Crippen molar-refractivity contribution in [2.24, 2.45) is 23.2 Å². The molecule has 3 aliphatic carbocycles. The predicted molar refractivity (Wildman–Crippen MR) is 229 cm³/mol. The lowest BCUT2D eigenvalue weighted by Gasteiger charge is -2.35. The second kappa shape index (κ2) is 16.7. The molecule has 0 radical (unpaired) electrons. The van der Waals surface area contributed by atoms with Gasteiger partial charge in [-0.25, -0.2) is 19.6 Å². The maximum absolute atomic E-state index is 14.7. The number of amides is 3. The van der Waals surface area contributed by atoms with Crippen LogP contribution < -0.4 is 25.4 Å². The third-order valence-corrected chi connectivity index (χ3v) is 13.2. The highest BCUT2D eigenvalue weighted by atomic mass is 127. The Bertz CT molecular complexity index is 2190. The van der Waals surface area contributed by atoms with E-state index in [-0.39, 0.29) is 38.1 Å². The van der Waals surface area contributed by atoms with Gasteiger partial charge in [-0.3, -0.25) is 9.59 Å². The maximum atomic E-state index is 14.7. The largest absolute Gasteiger partial charge is 0.488 e. The molecule has 4 N–H and O–H groups in total. The average Bonchev–Trinajstić information content (AvgIpc) is 3.85. The summed E-state index contributed by atoms with van der Waals surface area (Å²) in [6, 6.07) is 5.31. The molecule has 17 heteroatoms. The lowest BCUT2D eigenvalue weighted by molar-refractivity contribution is -0.146. The van der Waals surface area contributed by atoms with Crippen LogP contribution in [0.3, 0.4) is 0 Å². The van der Waals surface area contributed by atoms with E-state index < -0.39 is 58.9 Å². The molecule has 3 aromatic rings. The molecule has 314 valence electrons. The number of nitrogens with zero attached hydrogens (tertiary/aromatic N) is 4. The third-order valence-electron chi connectivity index (χ3n) is 11.6. The molecular formula is C42H50IN7O8S. The molecule has 1 saturated heterocycles. The van der Waals surface area contributed by atoms with Crippen molar-refractivity contribution in [2.75, 3.05) is 18.5 Å². The fourth-order valence-corrected chi connectivity index (χ4v) is 9.94. The Morgan fingerprint density at radius 2 is 1.86 bits per heavy atom. The third kappa shape index (κ3) is 8.93. The average molecular weight is 940 g/mol. The number of alkyl carbamates (subject to hydrolysis) is 1. The molecule has 2 aromatic heterocycles. The van der Waals surface area contributed by atoms with Crippen LogP contribution in [0.15, 0.2) is 36.2 Å². The number of ether oxygens (including phenoxy) is 3. The number of alkyl halides is 1. The summed E-state index contributed by atoms with van der Waals surface area (Å²) in [6.45, 7) is 13.1. The fraction of sp³-hybridized carbons (Fsp3) is 0.548. The van der Waals surface area contributed by atoms with Crippen molar-refractivity contribution in [1.29, 1.82) is 5.26 Å². The first-order valence-electron chi connectivity index (χ1n) is 19.9. The van der Waals surface area contributed by atoms with Gasteiger partial charge in [-0.1, -0.05) is 49.4 Å². The number of carbonyl (C=O) groups is 4. The van der Waals surface area contributed by atoms with Crippen molar-refractivity contribution in [3.8, 4) is 29.0 Å². The van der Waals surface area contributed by atoms with Gasteiger partial charge in [0.2, 0.25) is 11.8 Å². The van der Waals surface area contributed by atoms with Crippen LogP contribution in [0.1, 0.15) is 72.3 Å². The Morgan fingerprint density at radius 3 is 2.49 bits per heavy atom. The van der Waals surface area contributed by atoms with E-state index in [0.29, 0.717) is 50.1 Å². The Balaban J connectivity index is 1.22. The van der Waals surface area contributed by atoms with E-state index in [1.54, 1.807) is 18.2 Å². The molecule has 0 unspecified atom stereocenters. The van der Waals surface area contributed by atoms with Gasteiger partial charge in [0.25, 0.3) is 0 Å². The van der Waals surface area contributed by atoms with Gasteiger partial charge in [0.1, 0.15) is 53.1 Å². The summed E-state index contributed by atoms with van der Waals surface area (Å²) in [5, 5.41) is 31.5. The number of aliphatic carboxylic acids is 1. The second-order valence-electron chi connectivity index (χ2n) is 17.4. The van der Waals surface area contributed by atoms with E-state index in [2.05, 4.69) is 45.1 Å². The summed E-state index contributed by atoms with van der Waals surface area (Å²) < 4.78 is 18.8. The fourth-order valence-electron chi connectivity index (χ4n) is 8.35. The number of rotatable bonds is 15. The van der Waals surface area contributed by atoms with Crippen molar-refractivity contribution in [2.45, 2.75) is 107 Å². The van der Waals surface area contributed by atoms with Gasteiger partial charge >= 0.3 is 12.1 Å². The number of nitriles is 1. The Morgan fingerprint density at radius 1 is 1.12 bits per heavy atom. The maximum Gasteiger partial charge on any atom is 0.408 e. The molecule has 1 aliphatic heterocycles. The topological polar surface area (TPSA) is 205 Å². The predicted octanol–water partition coefficient (Wildman–Crippen LogP) is 6.45. The summed E-state index contributed by atoms with van der Waals surface area (Å²) in [4.78, 5) is 65.9. The standard InChI is InChI=1S/C42H50IN7O8S/c1-7-24-17-42(24,38(53)54)49-36(51)31-15-26(19-50(31)37(52)35(41(4,5)6)48-40(55)58-25-13-22-12-23(22)14-25)57-33-16-29(30-20-59-39(47-30)45-21(2)3)46-34-27(33)8-9-32(28(34)18-43)56-11-10-44/h7-9,16,20-26,31,35H,1,11-15,17-19H2,2-6H3,(H,45,47)(H,48,55)(H,49,51)(H,53,54)/t22-,23+,24-,25+,26-,31+,35-,42-/m1/s1. The molecule has 0 bridgehead atoms. The number of likely N-dealkylation sites (tertiary alicyclic amines) is 1. The number of halogens is 1. The highest BCUT2D eigenvalue weighted by Gasteiger charge is 2.61. The summed E-state index contributed by atoms with van der Waals surface area (Å²) in [7, 11) is 0. The second-order valence-corrected chi connectivity index (χ2v) is 19.0. The molecule has 7 rings (SSSR count). The Kier molecular flexibility index (Phi) is 12.0. The molecule has 4 fully saturated rings. The van der Waals surface area contributed by atoms with Gasteiger partial charge in [0, 0.05) is 45.2 Å². The van der Waals surface area contributed by atoms with Gasteiger partial charge in [0.05, 0.1) is 17.8 Å². The molecular weight excluding hydrogens is 889 g/mol.